The molecule has 4 rings (SSSR count). The summed E-state index contributed by atoms with van der Waals surface area (Å²) in [4.78, 5) is 8.24. The van der Waals surface area contributed by atoms with Crippen LogP contribution in [-0.4, -0.2) is 21.2 Å². The molecule has 4 nitrogen and oxygen atoms in total. The Kier molecular flexibility index (Phi) is 4.96. The highest BCUT2D eigenvalue weighted by molar-refractivity contribution is 5.68. The predicted octanol–water partition coefficient (Wildman–Crippen LogP) is 4.89. The molecule has 1 aliphatic rings. The molecule has 1 unspecified atom stereocenters. The average Bonchev–Trinajstić information content (AvgIpc) is 2.68. The summed E-state index contributed by atoms with van der Waals surface area (Å²) in [6.07, 6.45) is -2.02. The number of alkyl halides is 3. The molecule has 2 N–H and O–H groups in total. The third-order valence-electron chi connectivity index (χ3n) is 4.93. The summed E-state index contributed by atoms with van der Waals surface area (Å²) in [6, 6.07) is 9.07. The van der Waals surface area contributed by atoms with E-state index >= 15 is 0 Å². The SMILES string of the molecule is OC1CCc2cc(F)cc(Nc3cc(-c4ccc(C(F)(F)F)cc4)ncn3)c2C1. The molecule has 1 atom stereocenters. The Hall–Kier alpha value is -3.00. The summed E-state index contributed by atoms with van der Waals surface area (Å²) in [6.45, 7) is 0. The van der Waals surface area contributed by atoms with Gasteiger partial charge in [-0.25, -0.2) is 14.4 Å². The van der Waals surface area contributed by atoms with Gasteiger partial charge in [0.05, 0.1) is 17.4 Å². The lowest BCUT2D eigenvalue weighted by Gasteiger charge is -2.24. The summed E-state index contributed by atoms with van der Waals surface area (Å²) in [5, 5.41) is 13.0. The van der Waals surface area contributed by atoms with Crippen LogP contribution in [0.1, 0.15) is 23.1 Å². The molecule has 0 amide bonds. The monoisotopic (exact) mass is 403 g/mol. The van der Waals surface area contributed by atoms with Crippen LogP contribution in [0.3, 0.4) is 0 Å². The lowest BCUT2D eigenvalue weighted by molar-refractivity contribution is -0.137. The maximum absolute atomic E-state index is 14.0. The lowest BCUT2D eigenvalue weighted by Crippen LogP contribution is -2.20. The van der Waals surface area contributed by atoms with Gasteiger partial charge in [-0.3, -0.25) is 0 Å². The number of rotatable bonds is 3. The van der Waals surface area contributed by atoms with E-state index in [9.17, 15) is 22.7 Å². The Labute approximate surface area is 164 Å². The number of aliphatic hydroxyl groups is 1. The van der Waals surface area contributed by atoms with E-state index in [4.69, 9.17) is 0 Å². The van der Waals surface area contributed by atoms with Crippen molar-refractivity contribution in [1.29, 1.82) is 0 Å². The summed E-state index contributed by atoms with van der Waals surface area (Å²) < 4.78 is 52.2. The van der Waals surface area contributed by atoms with Crippen LogP contribution in [0, 0.1) is 5.82 Å². The van der Waals surface area contributed by atoms with Crippen LogP contribution in [0.5, 0.6) is 0 Å². The van der Waals surface area contributed by atoms with Crippen molar-refractivity contribution in [3.63, 3.8) is 0 Å². The predicted molar refractivity (Wildman–Crippen MR) is 100 cm³/mol. The zero-order valence-corrected chi connectivity index (χ0v) is 15.2. The number of benzene rings is 2. The topological polar surface area (TPSA) is 58.0 Å². The minimum Gasteiger partial charge on any atom is -0.393 e. The number of aromatic nitrogens is 2. The number of nitrogens with zero attached hydrogens (tertiary/aromatic N) is 2. The molecular formula is C21H17F4N3O. The zero-order chi connectivity index (χ0) is 20.6. The highest BCUT2D eigenvalue weighted by atomic mass is 19.4. The Morgan fingerprint density at radius 2 is 1.79 bits per heavy atom. The van der Waals surface area contributed by atoms with Crippen molar-refractivity contribution in [2.75, 3.05) is 5.32 Å². The zero-order valence-electron chi connectivity index (χ0n) is 15.2. The highest BCUT2D eigenvalue weighted by Crippen LogP contribution is 2.33. The van der Waals surface area contributed by atoms with Crippen LogP contribution in [-0.2, 0) is 19.0 Å². The maximum Gasteiger partial charge on any atom is 0.416 e. The van der Waals surface area contributed by atoms with Crippen molar-refractivity contribution in [1.82, 2.24) is 9.97 Å². The van der Waals surface area contributed by atoms with E-state index in [2.05, 4.69) is 15.3 Å². The first kappa shape index (κ1) is 19.3. The number of hydrogen-bond donors (Lipinski definition) is 2. The van der Waals surface area contributed by atoms with Gasteiger partial charge in [-0.1, -0.05) is 12.1 Å². The molecule has 0 saturated carbocycles. The van der Waals surface area contributed by atoms with Gasteiger partial charge < -0.3 is 10.4 Å². The highest BCUT2D eigenvalue weighted by Gasteiger charge is 2.30. The second kappa shape index (κ2) is 7.44. The number of anilines is 2. The van der Waals surface area contributed by atoms with Crippen molar-refractivity contribution in [2.24, 2.45) is 0 Å². The second-order valence-corrected chi connectivity index (χ2v) is 6.98. The Bertz CT molecular complexity index is 1040. The smallest absolute Gasteiger partial charge is 0.393 e. The van der Waals surface area contributed by atoms with Crippen LogP contribution in [0.2, 0.25) is 0 Å². The molecule has 1 aliphatic carbocycles. The van der Waals surface area contributed by atoms with E-state index in [1.165, 1.54) is 30.6 Å². The van der Waals surface area contributed by atoms with Gasteiger partial charge in [0, 0.05) is 23.7 Å². The van der Waals surface area contributed by atoms with Gasteiger partial charge >= 0.3 is 6.18 Å². The summed E-state index contributed by atoms with van der Waals surface area (Å²) >= 11 is 0. The number of nitrogens with one attached hydrogen (secondary N) is 1. The largest absolute Gasteiger partial charge is 0.416 e. The molecule has 1 aromatic heterocycles. The molecular weight excluding hydrogens is 386 g/mol. The second-order valence-electron chi connectivity index (χ2n) is 6.98. The van der Waals surface area contributed by atoms with Crippen molar-refractivity contribution in [3.8, 4) is 11.3 Å². The molecule has 0 saturated heterocycles. The molecule has 2 aromatic carbocycles. The average molecular weight is 403 g/mol. The van der Waals surface area contributed by atoms with Crippen molar-refractivity contribution in [3.05, 3.63) is 71.3 Å². The first-order chi connectivity index (χ1) is 13.8. The van der Waals surface area contributed by atoms with Gasteiger partial charge in [-0.15, -0.1) is 0 Å². The summed E-state index contributed by atoms with van der Waals surface area (Å²) in [7, 11) is 0. The van der Waals surface area contributed by atoms with Crippen LogP contribution < -0.4 is 5.32 Å². The molecule has 1 heterocycles. The van der Waals surface area contributed by atoms with Gasteiger partial charge in [0.2, 0.25) is 0 Å². The van der Waals surface area contributed by atoms with E-state index in [1.807, 2.05) is 0 Å². The fourth-order valence-corrected chi connectivity index (χ4v) is 3.48. The molecule has 0 bridgehead atoms. The number of fused-ring (bicyclic) bond motifs is 1. The number of aliphatic hydroxyl groups excluding tert-OH is 1. The Morgan fingerprint density at radius 1 is 1.03 bits per heavy atom. The first-order valence-electron chi connectivity index (χ1n) is 9.05. The van der Waals surface area contributed by atoms with Gasteiger partial charge in [-0.05, 0) is 48.2 Å². The van der Waals surface area contributed by atoms with E-state index in [1.54, 1.807) is 6.07 Å². The number of aryl methyl sites for hydroxylation is 1. The minimum atomic E-state index is -4.40. The van der Waals surface area contributed by atoms with E-state index < -0.39 is 17.8 Å². The van der Waals surface area contributed by atoms with Crippen LogP contribution in [0.25, 0.3) is 11.3 Å². The molecule has 3 aromatic rings. The van der Waals surface area contributed by atoms with Crippen LogP contribution in [0.4, 0.5) is 29.1 Å². The summed E-state index contributed by atoms with van der Waals surface area (Å²) in [5.41, 5.74) is 2.38. The quantitative estimate of drug-likeness (QED) is 0.611. The van der Waals surface area contributed by atoms with E-state index in [0.29, 0.717) is 42.0 Å². The third-order valence-corrected chi connectivity index (χ3v) is 4.93. The van der Waals surface area contributed by atoms with E-state index in [0.717, 1.165) is 23.3 Å². The third kappa shape index (κ3) is 4.22. The first-order valence-corrected chi connectivity index (χ1v) is 9.05. The molecule has 150 valence electrons. The standard InChI is InChI=1S/C21H17F4N3O/c22-15-7-13-3-6-16(29)9-17(13)19(8-15)28-20-10-18(26-11-27-20)12-1-4-14(5-2-12)21(23,24)25/h1-2,4-5,7-8,10-11,16,29H,3,6,9H2,(H,26,27,28). The molecule has 8 heteroatoms. The molecule has 0 spiro atoms. The molecule has 0 radical (unpaired) electrons. The van der Waals surface area contributed by atoms with Gasteiger partial charge in [-0.2, -0.15) is 13.2 Å². The Balaban J connectivity index is 1.63. The van der Waals surface area contributed by atoms with E-state index in [-0.39, 0.29) is 5.82 Å². The Morgan fingerprint density at radius 3 is 2.52 bits per heavy atom. The molecule has 29 heavy (non-hydrogen) atoms. The normalized spacial score (nSPS) is 16.4. The fraction of sp³-hybridized carbons (Fsp3) is 0.238. The van der Waals surface area contributed by atoms with Crippen molar-refractivity contribution in [2.45, 2.75) is 31.5 Å². The lowest BCUT2D eigenvalue weighted by atomic mass is 9.88. The minimum absolute atomic E-state index is 0.378. The van der Waals surface area contributed by atoms with Crippen molar-refractivity contribution >= 4 is 11.5 Å². The summed E-state index contributed by atoms with van der Waals surface area (Å²) in [5.74, 6) is -0.0116. The fourth-order valence-electron chi connectivity index (χ4n) is 3.48. The van der Waals surface area contributed by atoms with Gasteiger partial charge in [0.25, 0.3) is 0 Å². The van der Waals surface area contributed by atoms with Crippen molar-refractivity contribution < 1.29 is 22.7 Å². The van der Waals surface area contributed by atoms with Gasteiger partial charge in [0.15, 0.2) is 0 Å². The van der Waals surface area contributed by atoms with Gasteiger partial charge in [0.1, 0.15) is 18.0 Å². The number of halogens is 4. The molecule has 0 aliphatic heterocycles. The molecule has 0 fully saturated rings. The maximum atomic E-state index is 14.0. The number of hydrogen-bond acceptors (Lipinski definition) is 4. The van der Waals surface area contributed by atoms with Crippen LogP contribution in [0.15, 0.2) is 48.8 Å². The van der Waals surface area contributed by atoms with Crippen LogP contribution >= 0.6 is 0 Å².